The molecule has 0 aliphatic heterocycles. The van der Waals surface area contributed by atoms with Gasteiger partial charge in [-0.25, -0.2) is 0 Å². The van der Waals surface area contributed by atoms with Crippen molar-refractivity contribution in [3.63, 3.8) is 0 Å². The van der Waals surface area contributed by atoms with Crippen molar-refractivity contribution < 1.29 is 9.21 Å². The van der Waals surface area contributed by atoms with Gasteiger partial charge in [-0.3, -0.25) is 4.79 Å². The van der Waals surface area contributed by atoms with Crippen LogP contribution in [0.1, 0.15) is 12.5 Å². The molecule has 2 aromatic rings. The van der Waals surface area contributed by atoms with Crippen LogP contribution in [0.25, 0.3) is 11.5 Å². The number of carbonyl (C=O) groups is 1. The third kappa shape index (κ3) is 2.70. The zero-order valence-corrected chi connectivity index (χ0v) is 10.9. The lowest BCUT2D eigenvalue weighted by molar-refractivity contribution is -0.117. The van der Waals surface area contributed by atoms with E-state index in [9.17, 15) is 4.79 Å². The predicted molar refractivity (Wildman–Crippen MR) is 69.0 cm³/mol. The number of rotatable bonds is 4. The van der Waals surface area contributed by atoms with Crippen molar-refractivity contribution >= 4 is 17.7 Å². The second kappa shape index (κ2) is 5.22. The van der Waals surface area contributed by atoms with Crippen LogP contribution in [0.3, 0.4) is 0 Å². The molecule has 2 rings (SSSR count). The van der Waals surface area contributed by atoms with Gasteiger partial charge in [0.2, 0.25) is 11.8 Å². The molecule has 2 N–H and O–H groups in total. The average molecular weight is 263 g/mol. The molecule has 1 aromatic heterocycles. The van der Waals surface area contributed by atoms with Crippen LogP contribution in [0, 0.1) is 6.92 Å². The molecule has 94 valence electrons. The van der Waals surface area contributed by atoms with E-state index < -0.39 is 11.2 Å². The second-order valence-electron chi connectivity index (χ2n) is 3.85. The summed E-state index contributed by atoms with van der Waals surface area (Å²) in [6, 6.07) is 7.73. The van der Waals surface area contributed by atoms with Gasteiger partial charge in [-0.2, -0.15) is 0 Å². The molecular formula is C12H13N3O2S. The van der Waals surface area contributed by atoms with E-state index in [1.807, 2.05) is 31.2 Å². The van der Waals surface area contributed by atoms with E-state index in [1.165, 1.54) is 0 Å². The maximum absolute atomic E-state index is 10.9. The Morgan fingerprint density at radius 2 is 2.11 bits per heavy atom. The van der Waals surface area contributed by atoms with Crippen molar-refractivity contribution in [1.29, 1.82) is 0 Å². The standard InChI is InChI=1S/C12H13N3O2S/c1-7-5-3-4-6-9(7)11-14-15-12(17-11)18-8(2)10(13)16/h3-6,8H,1-2H3,(H2,13,16). The van der Waals surface area contributed by atoms with Gasteiger partial charge in [0.15, 0.2) is 0 Å². The fourth-order valence-corrected chi connectivity index (χ4v) is 2.02. The van der Waals surface area contributed by atoms with E-state index in [1.54, 1.807) is 6.92 Å². The number of hydrogen-bond acceptors (Lipinski definition) is 5. The summed E-state index contributed by atoms with van der Waals surface area (Å²) in [6.45, 7) is 3.67. The molecule has 0 aliphatic rings. The molecule has 0 fully saturated rings. The van der Waals surface area contributed by atoms with E-state index in [2.05, 4.69) is 10.2 Å². The second-order valence-corrected chi connectivity index (χ2v) is 5.14. The van der Waals surface area contributed by atoms with Crippen molar-refractivity contribution in [3.05, 3.63) is 29.8 Å². The van der Waals surface area contributed by atoms with Crippen molar-refractivity contribution in [2.45, 2.75) is 24.3 Å². The molecule has 18 heavy (non-hydrogen) atoms. The number of thioether (sulfide) groups is 1. The molecule has 0 bridgehead atoms. The summed E-state index contributed by atoms with van der Waals surface area (Å²) in [5, 5.41) is 7.82. The smallest absolute Gasteiger partial charge is 0.277 e. The minimum Gasteiger partial charge on any atom is -0.411 e. The van der Waals surface area contributed by atoms with E-state index >= 15 is 0 Å². The summed E-state index contributed by atoms with van der Waals surface area (Å²) < 4.78 is 5.50. The largest absolute Gasteiger partial charge is 0.411 e. The Labute approximate surface area is 109 Å². The molecule has 0 spiro atoms. The summed E-state index contributed by atoms with van der Waals surface area (Å²) in [7, 11) is 0. The minimum absolute atomic E-state index is 0.347. The third-order valence-corrected chi connectivity index (χ3v) is 3.41. The van der Waals surface area contributed by atoms with Crippen LogP contribution in [0.5, 0.6) is 0 Å². The number of carbonyl (C=O) groups excluding carboxylic acids is 1. The van der Waals surface area contributed by atoms with Crippen LogP contribution in [0.4, 0.5) is 0 Å². The van der Waals surface area contributed by atoms with Crippen LogP contribution in [-0.4, -0.2) is 21.4 Å². The molecule has 0 radical (unpaired) electrons. The van der Waals surface area contributed by atoms with Gasteiger partial charge in [-0.05, 0) is 25.5 Å². The summed E-state index contributed by atoms with van der Waals surface area (Å²) in [6.07, 6.45) is 0. The van der Waals surface area contributed by atoms with Gasteiger partial charge < -0.3 is 10.2 Å². The maximum Gasteiger partial charge on any atom is 0.277 e. The fraction of sp³-hybridized carbons (Fsp3) is 0.250. The topological polar surface area (TPSA) is 82.0 Å². The average Bonchev–Trinajstić information content (AvgIpc) is 2.77. The monoisotopic (exact) mass is 263 g/mol. The van der Waals surface area contributed by atoms with Crippen LogP contribution < -0.4 is 5.73 Å². The molecule has 0 saturated heterocycles. The van der Waals surface area contributed by atoms with Crippen molar-refractivity contribution in [1.82, 2.24) is 10.2 Å². The number of hydrogen-bond donors (Lipinski definition) is 1. The van der Waals surface area contributed by atoms with Crippen molar-refractivity contribution in [2.75, 3.05) is 0 Å². The molecule has 1 unspecified atom stereocenters. The normalized spacial score (nSPS) is 12.3. The molecule has 0 saturated carbocycles. The first-order chi connectivity index (χ1) is 8.58. The highest BCUT2D eigenvalue weighted by molar-refractivity contribution is 8.00. The van der Waals surface area contributed by atoms with Gasteiger partial charge in [0.05, 0.1) is 5.25 Å². The highest BCUT2D eigenvalue weighted by Crippen LogP contribution is 2.27. The summed E-state index contributed by atoms with van der Waals surface area (Å²) in [5.74, 6) is 0.0444. The zero-order valence-electron chi connectivity index (χ0n) is 10.1. The number of benzene rings is 1. The summed E-state index contributed by atoms with van der Waals surface area (Å²) in [4.78, 5) is 10.9. The Bertz CT molecular complexity index is 568. The fourth-order valence-electron chi connectivity index (χ4n) is 1.39. The van der Waals surface area contributed by atoms with Gasteiger partial charge in [0.25, 0.3) is 5.22 Å². The lowest BCUT2D eigenvalue weighted by Gasteiger charge is -2.01. The molecule has 0 aliphatic carbocycles. The first kappa shape index (κ1) is 12.6. The van der Waals surface area contributed by atoms with Gasteiger partial charge in [0, 0.05) is 5.56 Å². The summed E-state index contributed by atoms with van der Waals surface area (Å²) >= 11 is 1.16. The van der Waals surface area contributed by atoms with E-state index in [-0.39, 0.29) is 0 Å². The SMILES string of the molecule is Cc1ccccc1-c1nnc(SC(C)C(N)=O)o1. The first-order valence-corrected chi connectivity index (χ1v) is 6.31. The van der Waals surface area contributed by atoms with Crippen LogP contribution in [0.15, 0.2) is 33.9 Å². The highest BCUT2D eigenvalue weighted by Gasteiger charge is 2.16. The zero-order chi connectivity index (χ0) is 13.1. The van der Waals surface area contributed by atoms with Crippen molar-refractivity contribution in [2.24, 2.45) is 5.73 Å². The first-order valence-electron chi connectivity index (χ1n) is 5.43. The number of aromatic nitrogens is 2. The van der Waals surface area contributed by atoms with Crippen LogP contribution in [0.2, 0.25) is 0 Å². The third-order valence-electron chi connectivity index (χ3n) is 2.46. The van der Waals surface area contributed by atoms with Gasteiger partial charge >= 0.3 is 0 Å². The van der Waals surface area contributed by atoms with E-state index in [0.717, 1.165) is 22.9 Å². The number of amides is 1. The molecule has 1 amide bonds. The Morgan fingerprint density at radius 3 is 2.78 bits per heavy atom. The lowest BCUT2D eigenvalue weighted by atomic mass is 10.1. The molecular weight excluding hydrogens is 250 g/mol. The van der Waals surface area contributed by atoms with Crippen molar-refractivity contribution in [3.8, 4) is 11.5 Å². The Balaban J connectivity index is 2.21. The molecule has 1 heterocycles. The number of aryl methyl sites for hydroxylation is 1. The van der Waals surface area contributed by atoms with Gasteiger partial charge in [-0.1, -0.05) is 30.0 Å². The molecule has 6 heteroatoms. The Kier molecular flexibility index (Phi) is 3.66. The highest BCUT2D eigenvalue weighted by atomic mass is 32.2. The van der Waals surface area contributed by atoms with Gasteiger partial charge in [-0.15, -0.1) is 10.2 Å². The minimum atomic E-state index is -0.407. The lowest BCUT2D eigenvalue weighted by Crippen LogP contribution is -2.22. The molecule has 5 nitrogen and oxygen atoms in total. The molecule has 1 aromatic carbocycles. The van der Waals surface area contributed by atoms with Gasteiger partial charge in [0.1, 0.15) is 0 Å². The maximum atomic E-state index is 10.9. The summed E-state index contributed by atoms with van der Waals surface area (Å²) in [5.41, 5.74) is 7.12. The Hall–Kier alpha value is -1.82. The quantitative estimate of drug-likeness (QED) is 0.853. The van der Waals surface area contributed by atoms with Crippen LogP contribution in [-0.2, 0) is 4.79 Å². The van der Waals surface area contributed by atoms with E-state index in [4.69, 9.17) is 10.2 Å². The van der Waals surface area contributed by atoms with E-state index in [0.29, 0.717) is 11.1 Å². The number of primary amides is 1. The molecule has 1 atom stereocenters. The van der Waals surface area contributed by atoms with Crippen LogP contribution >= 0.6 is 11.8 Å². The predicted octanol–water partition coefficient (Wildman–Crippen LogP) is 2.01. The Morgan fingerprint density at radius 1 is 1.39 bits per heavy atom. The number of nitrogens with two attached hydrogens (primary N) is 1. The number of nitrogens with zero attached hydrogens (tertiary/aromatic N) is 2.